The molecule has 0 saturated carbocycles. The van der Waals surface area contributed by atoms with Crippen LogP contribution in [0.2, 0.25) is 0 Å². The molecule has 0 rings (SSSR count). The lowest BCUT2D eigenvalue weighted by Crippen LogP contribution is -2.22. The molecule has 0 radical (unpaired) electrons. The summed E-state index contributed by atoms with van der Waals surface area (Å²) in [6, 6.07) is 0. The Labute approximate surface area is 81.9 Å². The molecule has 0 amide bonds. The van der Waals surface area contributed by atoms with Crippen LogP contribution in [0.5, 0.6) is 0 Å². The lowest BCUT2D eigenvalue weighted by molar-refractivity contribution is -0.154. The van der Waals surface area contributed by atoms with E-state index >= 15 is 0 Å². The van der Waals surface area contributed by atoms with Gasteiger partial charge in [0.15, 0.2) is 5.92 Å². The van der Waals surface area contributed by atoms with Crippen LogP contribution in [-0.4, -0.2) is 22.2 Å². The van der Waals surface area contributed by atoms with Gasteiger partial charge in [-0.2, -0.15) is 0 Å². The summed E-state index contributed by atoms with van der Waals surface area (Å²) >= 11 is 0. The van der Waals surface area contributed by atoms with Gasteiger partial charge < -0.3 is 10.2 Å². The predicted molar refractivity (Wildman–Crippen MR) is 49.2 cm³/mol. The third-order valence-corrected chi connectivity index (χ3v) is 1.32. The Kier molecular flexibility index (Phi) is 5.65. The molecule has 0 heterocycles. The quantitative estimate of drug-likeness (QED) is 0.509. The van der Waals surface area contributed by atoms with E-state index in [-0.39, 0.29) is 6.42 Å². The third kappa shape index (κ3) is 4.84. The van der Waals surface area contributed by atoms with Crippen molar-refractivity contribution in [1.82, 2.24) is 0 Å². The molecule has 0 fully saturated rings. The Morgan fingerprint density at radius 3 is 2.07 bits per heavy atom. The van der Waals surface area contributed by atoms with Crippen molar-refractivity contribution in [3.8, 4) is 23.7 Å². The van der Waals surface area contributed by atoms with Crippen molar-refractivity contribution in [1.29, 1.82) is 0 Å². The fraction of sp³-hybridized carbons (Fsp3) is 0.400. The van der Waals surface area contributed by atoms with Crippen molar-refractivity contribution in [3.63, 3.8) is 0 Å². The highest BCUT2D eigenvalue weighted by Gasteiger charge is 2.24. The molecule has 14 heavy (non-hydrogen) atoms. The Hall–Kier alpha value is -1.94. The summed E-state index contributed by atoms with van der Waals surface area (Å²) in [5.74, 6) is 5.69. The normalized spacial score (nSPS) is 8.14. The van der Waals surface area contributed by atoms with Crippen LogP contribution in [0, 0.1) is 29.6 Å². The minimum atomic E-state index is -1.47. The molecule has 0 aliphatic carbocycles. The molecule has 0 aliphatic heterocycles. The summed E-state index contributed by atoms with van der Waals surface area (Å²) in [4.78, 5) is 20.8. The maximum atomic E-state index is 10.4. The molecule has 0 aromatic rings. The summed E-state index contributed by atoms with van der Waals surface area (Å²) in [6.07, 6.45) is 0.443. The largest absolute Gasteiger partial charge is 0.481 e. The first-order valence-electron chi connectivity index (χ1n) is 4.01. The van der Waals surface area contributed by atoms with Crippen molar-refractivity contribution < 1.29 is 19.8 Å². The van der Waals surface area contributed by atoms with Crippen molar-refractivity contribution >= 4 is 11.9 Å². The highest BCUT2D eigenvalue weighted by Crippen LogP contribution is 2.01. The van der Waals surface area contributed by atoms with Crippen LogP contribution >= 0.6 is 0 Å². The minimum Gasteiger partial charge on any atom is -0.481 e. The van der Waals surface area contributed by atoms with Crippen molar-refractivity contribution in [3.05, 3.63) is 0 Å². The van der Waals surface area contributed by atoms with Gasteiger partial charge in [0.2, 0.25) is 0 Å². The van der Waals surface area contributed by atoms with Crippen molar-refractivity contribution in [2.45, 2.75) is 19.8 Å². The first kappa shape index (κ1) is 12.1. The number of carboxylic acids is 2. The average molecular weight is 194 g/mol. The summed E-state index contributed by atoms with van der Waals surface area (Å²) < 4.78 is 0. The second-order valence-electron chi connectivity index (χ2n) is 2.39. The van der Waals surface area contributed by atoms with Crippen LogP contribution < -0.4 is 0 Å². The van der Waals surface area contributed by atoms with Gasteiger partial charge in [-0.1, -0.05) is 18.8 Å². The topological polar surface area (TPSA) is 74.6 Å². The molecule has 0 aromatic carbocycles. The number of aliphatic carboxylic acids is 2. The van der Waals surface area contributed by atoms with E-state index in [4.69, 9.17) is 10.2 Å². The predicted octanol–water partition coefficient (Wildman–Crippen LogP) is 0.579. The van der Waals surface area contributed by atoms with Gasteiger partial charge in [0.05, 0.1) is 0 Å². The van der Waals surface area contributed by atoms with Crippen LogP contribution in [0.1, 0.15) is 19.8 Å². The van der Waals surface area contributed by atoms with E-state index in [0.29, 0.717) is 6.42 Å². The zero-order valence-corrected chi connectivity index (χ0v) is 7.70. The summed E-state index contributed by atoms with van der Waals surface area (Å²) in [5, 5.41) is 16.9. The molecule has 2 N–H and O–H groups in total. The van der Waals surface area contributed by atoms with Gasteiger partial charge in [-0.15, -0.1) is 0 Å². The summed E-state index contributed by atoms with van der Waals surface area (Å²) in [6.45, 7) is 1.85. The van der Waals surface area contributed by atoms with Crippen LogP contribution in [0.3, 0.4) is 0 Å². The van der Waals surface area contributed by atoms with Gasteiger partial charge in [0.1, 0.15) is 0 Å². The first-order chi connectivity index (χ1) is 6.59. The molecule has 4 nitrogen and oxygen atoms in total. The van der Waals surface area contributed by atoms with Gasteiger partial charge in [0, 0.05) is 12.8 Å². The number of carbonyl (C=O) groups is 2. The molecule has 0 spiro atoms. The molecular weight excluding hydrogens is 184 g/mol. The van der Waals surface area contributed by atoms with Crippen LogP contribution in [0.4, 0.5) is 0 Å². The van der Waals surface area contributed by atoms with Gasteiger partial charge >= 0.3 is 11.9 Å². The van der Waals surface area contributed by atoms with Crippen LogP contribution in [-0.2, 0) is 9.59 Å². The molecule has 0 unspecified atom stereocenters. The second-order valence-corrected chi connectivity index (χ2v) is 2.39. The van der Waals surface area contributed by atoms with E-state index in [1.807, 2.05) is 6.92 Å². The van der Waals surface area contributed by atoms with E-state index in [9.17, 15) is 9.59 Å². The minimum absolute atomic E-state index is 0.219. The number of carboxylic acid groups (broad SMARTS) is 2. The summed E-state index contributed by atoms with van der Waals surface area (Å²) in [5.41, 5.74) is 0. The number of hydrogen-bond donors (Lipinski definition) is 2. The Balaban J connectivity index is 4.24. The molecule has 0 aromatic heterocycles. The van der Waals surface area contributed by atoms with E-state index in [1.165, 1.54) is 0 Å². The fourth-order valence-electron chi connectivity index (χ4n) is 0.610. The molecule has 0 atom stereocenters. The van der Waals surface area contributed by atoms with E-state index in [2.05, 4.69) is 23.7 Å². The third-order valence-electron chi connectivity index (χ3n) is 1.32. The maximum Gasteiger partial charge on any atom is 0.318 e. The van der Waals surface area contributed by atoms with Crippen molar-refractivity contribution in [2.24, 2.45) is 5.92 Å². The Morgan fingerprint density at radius 2 is 1.64 bits per heavy atom. The second kappa shape index (κ2) is 6.56. The maximum absolute atomic E-state index is 10.4. The molecule has 0 aliphatic rings. The first-order valence-corrected chi connectivity index (χ1v) is 4.01. The van der Waals surface area contributed by atoms with E-state index in [1.54, 1.807) is 0 Å². The highest BCUT2D eigenvalue weighted by molar-refractivity contribution is 5.93. The highest BCUT2D eigenvalue weighted by atomic mass is 16.4. The number of rotatable bonds is 3. The van der Waals surface area contributed by atoms with Crippen molar-refractivity contribution in [2.75, 3.05) is 0 Å². The standard InChI is InChI=1S/C10H10O4/c1-2-3-4-5-6-7-8(9(11)12)10(13)14/h8H,2,7H2,1H3,(H,11,12)(H,13,14). The molecule has 74 valence electrons. The molecular formula is C10H10O4. The van der Waals surface area contributed by atoms with E-state index < -0.39 is 17.9 Å². The molecule has 0 bridgehead atoms. The van der Waals surface area contributed by atoms with E-state index in [0.717, 1.165) is 0 Å². The monoisotopic (exact) mass is 194 g/mol. The summed E-state index contributed by atoms with van der Waals surface area (Å²) in [7, 11) is 0. The van der Waals surface area contributed by atoms with Crippen LogP contribution in [0.15, 0.2) is 0 Å². The smallest absolute Gasteiger partial charge is 0.318 e. The Morgan fingerprint density at radius 1 is 1.14 bits per heavy atom. The Bertz CT molecular complexity index is 321. The number of hydrogen-bond acceptors (Lipinski definition) is 2. The fourth-order valence-corrected chi connectivity index (χ4v) is 0.610. The average Bonchev–Trinajstić information content (AvgIpc) is 2.09. The van der Waals surface area contributed by atoms with Gasteiger partial charge in [-0.3, -0.25) is 9.59 Å². The van der Waals surface area contributed by atoms with Gasteiger partial charge in [-0.05, 0) is 11.8 Å². The lowest BCUT2D eigenvalue weighted by Gasteiger charge is -1.99. The SMILES string of the molecule is CCC#CC#CCC(C(=O)O)C(=O)O. The van der Waals surface area contributed by atoms with Crippen LogP contribution in [0.25, 0.3) is 0 Å². The van der Waals surface area contributed by atoms with Gasteiger partial charge in [-0.25, -0.2) is 0 Å². The molecule has 4 heteroatoms. The molecule has 0 saturated heterocycles. The zero-order valence-electron chi connectivity index (χ0n) is 7.70. The van der Waals surface area contributed by atoms with Gasteiger partial charge in [0.25, 0.3) is 0 Å². The zero-order chi connectivity index (χ0) is 11.0. The lowest BCUT2D eigenvalue weighted by atomic mass is 10.1.